The summed E-state index contributed by atoms with van der Waals surface area (Å²) in [5.41, 5.74) is 1.30. The summed E-state index contributed by atoms with van der Waals surface area (Å²) in [6, 6.07) is 4.27. The third-order valence-electron chi connectivity index (χ3n) is 2.39. The number of hydrogen-bond acceptors (Lipinski definition) is 2. The van der Waals surface area contributed by atoms with E-state index in [4.69, 9.17) is 0 Å². The molecule has 0 amide bonds. The Bertz CT molecular complexity index is 264. The molecule has 78 valence electrons. The summed E-state index contributed by atoms with van der Waals surface area (Å²) in [5.74, 6) is 1.63. The molecule has 0 radical (unpaired) electrons. The van der Waals surface area contributed by atoms with E-state index >= 15 is 0 Å². The van der Waals surface area contributed by atoms with Crippen LogP contribution in [-0.4, -0.2) is 18.6 Å². The summed E-state index contributed by atoms with van der Waals surface area (Å²) in [5, 5.41) is 0. The van der Waals surface area contributed by atoms with Gasteiger partial charge in [-0.25, -0.2) is 4.98 Å². The van der Waals surface area contributed by atoms with Crippen molar-refractivity contribution in [2.75, 3.05) is 18.5 Å². The monoisotopic (exact) mass is 192 g/mol. The Morgan fingerprint density at radius 3 is 2.50 bits per heavy atom. The molecule has 1 aromatic rings. The minimum absolute atomic E-state index is 0.563. The highest BCUT2D eigenvalue weighted by atomic mass is 15.2. The van der Waals surface area contributed by atoms with Crippen molar-refractivity contribution in [1.82, 2.24) is 4.98 Å². The smallest absolute Gasteiger partial charge is 0.128 e. The molecule has 0 aliphatic carbocycles. The number of nitrogens with zero attached hydrogens (tertiary/aromatic N) is 2. The van der Waals surface area contributed by atoms with Crippen molar-refractivity contribution in [3.8, 4) is 0 Å². The fraction of sp³-hybridized carbons (Fsp3) is 0.583. The Morgan fingerprint density at radius 1 is 1.36 bits per heavy atom. The third kappa shape index (κ3) is 2.72. The first kappa shape index (κ1) is 11.0. The lowest BCUT2D eigenvalue weighted by molar-refractivity contribution is 0.825. The lowest BCUT2D eigenvalue weighted by atomic mass is 10.1. The number of pyridine rings is 1. The first-order valence-electron chi connectivity index (χ1n) is 5.32. The third-order valence-corrected chi connectivity index (χ3v) is 2.39. The van der Waals surface area contributed by atoms with Crippen LogP contribution < -0.4 is 4.90 Å². The van der Waals surface area contributed by atoms with Gasteiger partial charge >= 0.3 is 0 Å². The van der Waals surface area contributed by atoms with Crippen molar-refractivity contribution in [3.63, 3.8) is 0 Å². The highest BCUT2D eigenvalue weighted by Crippen LogP contribution is 2.16. The average molecular weight is 192 g/mol. The molecule has 0 aliphatic heterocycles. The standard InChI is InChI=1S/C12H20N2/c1-5-8-14(4)12-7-6-11(9-13-12)10(2)3/h6-7,9-10H,5,8H2,1-4H3. The summed E-state index contributed by atoms with van der Waals surface area (Å²) >= 11 is 0. The van der Waals surface area contributed by atoms with E-state index in [1.165, 1.54) is 5.56 Å². The Kier molecular flexibility index (Phi) is 3.93. The number of aromatic nitrogens is 1. The molecule has 0 saturated carbocycles. The van der Waals surface area contributed by atoms with Gasteiger partial charge in [0.05, 0.1) is 0 Å². The molecule has 0 aromatic carbocycles. The first-order chi connectivity index (χ1) is 6.65. The molecule has 0 N–H and O–H groups in total. The predicted octanol–water partition coefficient (Wildman–Crippen LogP) is 3.05. The molecule has 0 bridgehead atoms. The van der Waals surface area contributed by atoms with Crippen LogP contribution in [0.15, 0.2) is 18.3 Å². The highest BCUT2D eigenvalue weighted by molar-refractivity contribution is 5.38. The zero-order valence-electron chi connectivity index (χ0n) is 9.62. The van der Waals surface area contributed by atoms with E-state index in [1.54, 1.807) is 0 Å². The number of anilines is 1. The van der Waals surface area contributed by atoms with Gasteiger partial charge in [-0.05, 0) is 24.0 Å². The molecule has 0 spiro atoms. The summed E-state index contributed by atoms with van der Waals surface area (Å²) in [6.07, 6.45) is 3.14. The van der Waals surface area contributed by atoms with Crippen LogP contribution in [0.25, 0.3) is 0 Å². The fourth-order valence-electron chi connectivity index (χ4n) is 1.41. The van der Waals surface area contributed by atoms with Crippen molar-refractivity contribution >= 4 is 5.82 Å². The van der Waals surface area contributed by atoms with Gasteiger partial charge < -0.3 is 4.90 Å². The van der Waals surface area contributed by atoms with Gasteiger partial charge in [0.2, 0.25) is 0 Å². The Hall–Kier alpha value is -1.05. The molecule has 0 atom stereocenters. The van der Waals surface area contributed by atoms with E-state index in [-0.39, 0.29) is 0 Å². The van der Waals surface area contributed by atoms with Gasteiger partial charge in [-0.2, -0.15) is 0 Å². The van der Waals surface area contributed by atoms with Crippen molar-refractivity contribution < 1.29 is 0 Å². The number of rotatable bonds is 4. The number of hydrogen-bond donors (Lipinski definition) is 0. The Morgan fingerprint density at radius 2 is 2.07 bits per heavy atom. The summed E-state index contributed by atoms with van der Waals surface area (Å²) in [6.45, 7) is 7.62. The summed E-state index contributed by atoms with van der Waals surface area (Å²) in [7, 11) is 2.08. The van der Waals surface area contributed by atoms with Crippen molar-refractivity contribution in [2.24, 2.45) is 0 Å². The van der Waals surface area contributed by atoms with Crippen LogP contribution in [-0.2, 0) is 0 Å². The van der Waals surface area contributed by atoms with Crippen LogP contribution in [0.2, 0.25) is 0 Å². The molecular weight excluding hydrogens is 172 g/mol. The molecule has 2 heteroatoms. The van der Waals surface area contributed by atoms with Gasteiger partial charge in [0.15, 0.2) is 0 Å². The van der Waals surface area contributed by atoms with E-state index in [9.17, 15) is 0 Å². The lowest BCUT2D eigenvalue weighted by Crippen LogP contribution is -2.18. The molecule has 0 unspecified atom stereocenters. The van der Waals surface area contributed by atoms with Crippen LogP contribution in [0.5, 0.6) is 0 Å². The maximum absolute atomic E-state index is 4.44. The first-order valence-corrected chi connectivity index (χ1v) is 5.32. The second-order valence-corrected chi connectivity index (χ2v) is 4.03. The summed E-state index contributed by atoms with van der Waals surface area (Å²) in [4.78, 5) is 6.63. The quantitative estimate of drug-likeness (QED) is 0.729. The predicted molar refractivity (Wildman–Crippen MR) is 61.9 cm³/mol. The maximum atomic E-state index is 4.44. The van der Waals surface area contributed by atoms with Gasteiger partial charge in [0.1, 0.15) is 5.82 Å². The zero-order valence-corrected chi connectivity index (χ0v) is 9.62. The molecule has 14 heavy (non-hydrogen) atoms. The second-order valence-electron chi connectivity index (χ2n) is 4.03. The van der Waals surface area contributed by atoms with Crippen LogP contribution in [0.4, 0.5) is 5.82 Å². The molecule has 0 fully saturated rings. The second kappa shape index (κ2) is 4.99. The Balaban J connectivity index is 2.72. The van der Waals surface area contributed by atoms with E-state index in [2.05, 4.69) is 49.8 Å². The molecule has 0 aliphatic rings. The van der Waals surface area contributed by atoms with Crippen LogP contribution in [0, 0.1) is 0 Å². The van der Waals surface area contributed by atoms with Gasteiger partial charge in [0.25, 0.3) is 0 Å². The van der Waals surface area contributed by atoms with E-state index < -0.39 is 0 Å². The van der Waals surface area contributed by atoms with Crippen LogP contribution in [0.3, 0.4) is 0 Å². The van der Waals surface area contributed by atoms with Crippen molar-refractivity contribution in [3.05, 3.63) is 23.9 Å². The molecule has 1 aromatic heterocycles. The van der Waals surface area contributed by atoms with Gasteiger partial charge in [-0.15, -0.1) is 0 Å². The van der Waals surface area contributed by atoms with Crippen molar-refractivity contribution in [2.45, 2.75) is 33.1 Å². The minimum atomic E-state index is 0.563. The molecule has 2 nitrogen and oxygen atoms in total. The average Bonchev–Trinajstić information content (AvgIpc) is 2.18. The Labute approximate surface area is 87.0 Å². The summed E-state index contributed by atoms with van der Waals surface area (Å²) < 4.78 is 0. The van der Waals surface area contributed by atoms with E-state index in [0.717, 1.165) is 18.8 Å². The maximum Gasteiger partial charge on any atom is 0.128 e. The topological polar surface area (TPSA) is 16.1 Å². The zero-order chi connectivity index (χ0) is 10.6. The lowest BCUT2D eigenvalue weighted by Gasteiger charge is -2.17. The largest absolute Gasteiger partial charge is 0.360 e. The van der Waals surface area contributed by atoms with Gasteiger partial charge in [0, 0.05) is 19.8 Å². The van der Waals surface area contributed by atoms with E-state index in [0.29, 0.717) is 5.92 Å². The normalized spacial score (nSPS) is 10.6. The van der Waals surface area contributed by atoms with Gasteiger partial charge in [-0.1, -0.05) is 26.8 Å². The van der Waals surface area contributed by atoms with Gasteiger partial charge in [-0.3, -0.25) is 0 Å². The SMILES string of the molecule is CCCN(C)c1ccc(C(C)C)cn1. The molecule has 1 rings (SSSR count). The van der Waals surface area contributed by atoms with Crippen LogP contribution >= 0.6 is 0 Å². The molecule has 1 heterocycles. The molecular formula is C12H20N2. The van der Waals surface area contributed by atoms with Crippen LogP contribution in [0.1, 0.15) is 38.7 Å². The fourth-order valence-corrected chi connectivity index (χ4v) is 1.41. The highest BCUT2D eigenvalue weighted by Gasteiger charge is 2.02. The minimum Gasteiger partial charge on any atom is -0.360 e. The molecule has 0 saturated heterocycles. The van der Waals surface area contributed by atoms with Crippen molar-refractivity contribution in [1.29, 1.82) is 0 Å². The van der Waals surface area contributed by atoms with E-state index in [1.807, 2.05) is 6.20 Å².